The van der Waals surface area contributed by atoms with Gasteiger partial charge in [0.15, 0.2) is 11.4 Å². The summed E-state index contributed by atoms with van der Waals surface area (Å²) in [5.74, 6) is -0.621. The van der Waals surface area contributed by atoms with Gasteiger partial charge in [-0.05, 0) is 52.3 Å². The van der Waals surface area contributed by atoms with Crippen molar-refractivity contribution in [3.8, 4) is 0 Å². The number of ketones is 1. The SMILES string of the molecule is Cn1c(=O)oc2cc(C(=O)c3ccc(Cl)c(Br)c3)ccc21. The second-order valence-corrected chi connectivity index (χ2v) is 5.83. The molecule has 0 amide bonds. The summed E-state index contributed by atoms with van der Waals surface area (Å²) in [5.41, 5.74) is 1.99. The van der Waals surface area contributed by atoms with Crippen LogP contribution >= 0.6 is 27.5 Å². The van der Waals surface area contributed by atoms with Gasteiger partial charge in [-0.2, -0.15) is 0 Å². The fraction of sp³-hybridized carbons (Fsp3) is 0.0667. The number of oxazole rings is 1. The van der Waals surface area contributed by atoms with Crippen LogP contribution in [0.4, 0.5) is 0 Å². The third kappa shape index (κ3) is 2.43. The fourth-order valence-corrected chi connectivity index (χ4v) is 2.58. The summed E-state index contributed by atoms with van der Waals surface area (Å²) in [5, 5.41) is 0.538. The first-order valence-electron chi connectivity index (χ1n) is 6.06. The number of halogens is 2. The van der Waals surface area contributed by atoms with Crippen LogP contribution in [0.1, 0.15) is 15.9 Å². The van der Waals surface area contributed by atoms with E-state index in [-0.39, 0.29) is 5.78 Å². The Labute approximate surface area is 133 Å². The maximum atomic E-state index is 12.5. The lowest BCUT2D eigenvalue weighted by Crippen LogP contribution is -2.08. The van der Waals surface area contributed by atoms with E-state index in [0.29, 0.717) is 31.7 Å². The Bertz CT molecular complexity index is 926. The van der Waals surface area contributed by atoms with Gasteiger partial charge in [0.25, 0.3) is 0 Å². The van der Waals surface area contributed by atoms with E-state index in [0.717, 1.165) is 0 Å². The van der Waals surface area contributed by atoms with Crippen molar-refractivity contribution in [3.05, 3.63) is 67.6 Å². The van der Waals surface area contributed by atoms with Crippen molar-refractivity contribution in [3.63, 3.8) is 0 Å². The molecular formula is C15H9BrClNO3. The largest absolute Gasteiger partial charge is 0.419 e. The molecule has 0 fully saturated rings. The van der Waals surface area contributed by atoms with Crippen LogP contribution in [0.2, 0.25) is 5.02 Å². The minimum Gasteiger partial charge on any atom is -0.408 e. The fourth-order valence-electron chi connectivity index (χ4n) is 2.08. The second-order valence-electron chi connectivity index (χ2n) is 4.57. The highest BCUT2D eigenvalue weighted by Crippen LogP contribution is 2.25. The van der Waals surface area contributed by atoms with Gasteiger partial charge in [0.2, 0.25) is 0 Å². The molecule has 3 rings (SSSR count). The summed E-state index contributed by atoms with van der Waals surface area (Å²) in [4.78, 5) is 23.9. The Morgan fingerprint density at radius 3 is 2.57 bits per heavy atom. The Hall–Kier alpha value is -1.85. The van der Waals surface area contributed by atoms with E-state index < -0.39 is 5.76 Å². The molecule has 0 aliphatic rings. The smallest absolute Gasteiger partial charge is 0.408 e. The minimum atomic E-state index is -0.455. The van der Waals surface area contributed by atoms with Crippen LogP contribution in [-0.2, 0) is 7.05 Å². The zero-order chi connectivity index (χ0) is 15.1. The molecule has 0 spiro atoms. The Balaban J connectivity index is 2.09. The van der Waals surface area contributed by atoms with E-state index in [1.807, 2.05) is 0 Å². The first kappa shape index (κ1) is 14.1. The van der Waals surface area contributed by atoms with Gasteiger partial charge in [0.05, 0.1) is 10.5 Å². The number of benzene rings is 2. The zero-order valence-corrected chi connectivity index (χ0v) is 13.2. The molecule has 0 saturated carbocycles. The Morgan fingerprint density at radius 1 is 1.19 bits per heavy atom. The van der Waals surface area contributed by atoms with Crippen molar-refractivity contribution in [2.75, 3.05) is 0 Å². The number of hydrogen-bond acceptors (Lipinski definition) is 3. The number of carbonyl (C=O) groups is 1. The van der Waals surface area contributed by atoms with Crippen LogP contribution in [0.5, 0.6) is 0 Å². The number of carbonyl (C=O) groups excluding carboxylic acids is 1. The standard InChI is InChI=1S/C15H9BrClNO3/c1-18-12-5-3-9(7-13(12)21-15(18)20)14(19)8-2-4-11(17)10(16)6-8/h2-7H,1H3. The number of rotatable bonds is 2. The highest BCUT2D eigenvalue weighted by molar-refractivity contribution is 9.10. The third-order valence-electron chi connectivity index (χ3n) is 3.24. The second kappa shape index (κ2) is 5.16. The van der Waals surface area contributed by atoms with Gasteiger partial charge in [-0.3, -0.25) is 9.36 Å². The molecule has 0 aliphatic carbocycles. The minimum absolute atomic E-state index is 0.166. The van der Waals surface area contributed by atoms with Gasteiger partial charge >= 0.3 is 5.76 Å². The lowest BCUT2D eigenvalue weighted by molar-refractivity contribution is 0.103. The number of hydrogen-bond donors (Lipinski definition) is 0. The maximum Gasteiger partial charge on any atom is 0.419 e. The topological polar surface area (TPSA) is 52.2 Å². The van der Waals surface area contributed by atoms with Crippen molar-refractivity contribution in [1.29, 1.82) is 0 Å². The molecular weight excluding hydrogens is 358 g/mol. The van der Waals surface area contributed by atoms with E-state index in [9.17, 15) is 9.59 Å². The van der Waals surface area contributed by atoms with Crippen molar-refractivity contribution >= 4 is 44.4 Å². The normalized spacial score (nSPS) is 11.0. The zero-order valence-electron chi connectivity index (χ0n) is 10.9. The van der Waals surface area contributed by atoms with E-state index in [2.05, 4.69) is 15.9 Å². The summed E-state index contributed by atoms with van der Waals surface area (Å²) in [6.07, 6.45) is 0. The van der Waals surface area contributed by atoms with Crippen LogP contribution in [0.3, 0.4) is 0 Å². The molecule has 1 aromatic heterocycles. The molecule has 0 saturated heterocycles. The summed E-state index contributed by atoms with van der Waals surface area (Å²) >= 11 is 9.21. The first-order chi connectivity index (χ1) is 9.97. The average Bonchev–Trinajstić information content (AvgIpc) is 2.76. The van der Waals surface area contributed by atoms with E-state index in [4.69, 9.17) is 16.0 Å². The van der Waals surface area contributed by atoms with Crippen molar-refractivity contribution in [2.45, 2.75) is 0 Å². The number of fused-ring (bicyclic) bond motifs is 1. The summed E-state index contributed by atoms with van der Waals surface area (Å²) in [6.45, 7) is 0. The van der Waals surface area contributed by atoms with Gasteiger partial charge < -0.3 is 4.42 Å². The maximum absolute atomic E-state index is 12.5. The highest BCUT2D eigenvalue weighted by Gasteiger charge is 2.13. The predicted molar refractivity (Wildman–Crippen MR) is 84.0 cm³/mol. The predicted octanol–water partition coefficient (Wildman–Crippen LogP) is 3.78. The molecule has 2 aromatic carbocycles. The van der Waals surface area contributed by atoms with Gasteiger partial charge in [0.1, 0.15) is 0 Å². The number of aromatic nitrogens is 1. The monoisotopic (exact) mass is 365 g/mol. The van der Waals surface area contributed by atoms with Gasteiger partial charge in [-0.1, -0.05) is 11.6 Å². The quantitative estimate of drug-likeness (QED) is 0.649. The van der Waals surface area contributed by atoms with E-state index in [1.165, 1.54) is 4.57 Å². The number of nitrogens with zero attached hydrogens (tertiary/aromatic N) is 1. The summed E-state index contributed by atoms with van der Waals surface area (Å²) < 4.78 is 7.14. The number of aryl methyl sites for hydroxylation is 1. The molecule has 6 heteroatoms. The molecule has 106 valence electrons. The lowest BCUT2D eigenvalue weighted by Gasteiger charge is -2.03. The molecule has 0 atom stereocenters. The van der Waals surface area contributed by atoms with Crippen molar-refractivity contribution in [1.82, 2.24) is 4.57 Å². The van der Waals surface area contributed by atoms with Crippen LogP contribution in [0.15, 0.2) is 50.1 Å². The van der Waals surface area contributed by atoms with Crippen LogP contribution < -0.4 is 5.76 Å². The third-order valence-corrected chi connectivity index (χ3v) is 4.45. The van der Waals surface area contributed by atoms with Gasteiger partial charge in [-0.15, -0.1) is 0 Å². The molecule has 1 heterocycles. The van der Waals surface area contributed by atoms with Crippen LogP contribution in [0.25, 0.3) is 11.1 Å². The van der Waals surface area contributed by atoms with Crippen LogP contribution in [0, 0.1) is 0 Å². The lowest BCUT2D eigenvalue weighted by atomic mass is 10.0. The molecule has 0 N–H and O–H groups in total. The summed E-state index contributed by atoms with van der Waals surface area (Å²) in [7, 11) is 1.62. The Kier molecular flexibility index (Phi) is 3.47. The van der Waals surface area contributed by atoms with Gasteiger partial charge in [0, 0.05) is 22.6 Å². The van der Waals surface area contributed by atoms with E-state index in [1.54, 1.807) is 43.4 Å². The summed E-state index contributed by atoms with van der Waals surface area (Å²) in [6, 6.07) is 9.90. The molecule has 3 aromatic rings. The molecule has 4 nitrogen and oxygen atoms in total. The highest BCUT2D eigenvalue weighted by atomic mass is 79.9. The molecule has 0 radical (unpaired) electrons. The van der Waals surface area contributed by atoms with Gasteiger partial charge in [-0.25, -0.2) is 4.79 Å². The first-order valence-corrected chi connectivity index (χ1v) is 7.24. The Morgan fingerprint density at radius 2 is 1.86 bits per heavy atom. The molecule has 21 heavy (non-hydrogen) atoms. The molecule has 0 unspecified atom stereocenters. The van der Waals surface area contributed by atoms with Crippen LogP contribution in [-0.4, -0.2) is 10.4 Å². The van der Waals surface area contributed by atoms with Crippen molar-refractivity contribution in [2.24, 2.45) is 7.05 Å². The molecule has 0 bridgehead atoms. The molecule has 0 aliphatic heterocycles. The van der Waals surface area contributed by atoms with Crippen molar-refractivity contribution < 1.29 is 9.21 Å². The average molecular weight is 367 g/mol. The van der Waals surface area contributed by atoms with E-state index >= 15 is 0 Å².